The van der Waals surface area contributed by atoms with Gasteiger partial charge in [-0.3, -0.25) is 4.79 Å². The molecule has 0 aromatic rings. The monoisotopic (exact) mass is 132 g/mol. The number of rotatable bonds is 1. The van der Waals surface area contributed by atoms with Crippen LogP contribution in [0, 0.1) is 0 Å². The van der Waals surface area contributed by atoms with Crippen LogP contribution >= 0.6 is 11.6 Å². The second kappa shape index (κ2) is 6.76. The van der Waals surface area contributed by atoms with Gasteiger partial charge in [0.15, 0.2) is 0 Å². The maximum atomic E-state index is 9.83. The molecule has 2 nitrogen and oxygen atoms in total. The van der Waals surface area contributed by atoms with E-state index in [9.17, 15) is 4.79 Å². The van der Waals surface area contributed by atoms with E-state index in [1.54, 1.807) is 0 Å². The first-order valence-electron chi connectivity index (χ1n) is 1.44. The molecule has 0 aromatic carbocycles. The van der Waals surface area contributed by atoms with Crippen LogP contribution in [0.1, 0.15) is 1.43 Å². The Hall–Kier alpha value is 0.760. The molecular formula is C3H6ClNaO2. The quantitative estimate of drug-likeness (QED) is 0.224. The summed E-state index contributed by atoms with van der Waals surface area (Å²) < 4.78 is 4.13. The van der Waals surface area contributed by atoms with Gasteiger partial charge in [-0.15, -0.1) is 11.6 Å². The van der Waals surface area contributed by atoms with Crippen LogP contribution in [0.2, 0.25) is 0 Å². The van der Waals surface area contributed by atoms with Crippen molar-refractivity contribution in [2.75, 3.05) is 13.0 Å². The number of alkyl halides is 1. The van der Waals surface area contributed by atoms with Crippen molar-refractivity contribution in [2.45, 2.75) is 0 Å². The zero-order valence-corrected chi connectivity index (χ0v) is 7.16. The van der Waals surface area contributed by atoms with E-state index in [0.29, 0.717) is 0 Å². The SMILES string of the molecule is COC(=O)CCl.[H-].[Na+]. The third-order valence-corrected chi connectivity index (χ3v) is 0.555. The van der Waals surface area contributed by atoms with Gasteiger partial charge in [0, 0.05) is 0 Å². The molecule has 0 aliphatic rings. The molecule has 0 heterocycles. The van der Waals surface area contributed by atoms with Gasteiger partial charge in [-0.2, -0.15) is 0 Å². The number of carbonyl (C=O) groups excluding carboxylic acids is 1. The summed E-state index contributed by atoms with van der Waals surface area (Å²) in [5.74, 6) is -0.451. The van der Waals surface area contributed by atoms with E-state index in [1.165, 1.54) is 7.11 Å². The van der Waals surface area contributed by atoms with E-state index in [0.717, 1.165) is 0 Å². The number of hydrogen-bond acceptors (Lipinski definition) is 2. The molecule has 0 aromatic heterocycles. The Morgan fingerprint density at radius 1 is 2.00 bits per heavy atom. The van der Waals surface area contributed by atoms with Crippen molar-refractivity contribution in [1.82, 2.24) is 0 Å². The summed E-state index contributed by atoms with van der Waals surface area (Å²) in [6.07, 6.45) is 0. The minimum atomic E-state index is -0.392. The van der Waals surface area contributed by atoms with Gasteiger partial charge in [0.05, 0.1) is 7.11 Å². The van der Waals surface area contributed by atoms with E-state index >= 15 is 0 Å². The molecule has 0 bridgehead atoms. The molecule has 7 heavy (non-hydrogen) atoms. The molecular weight excluding hydrogens is 126 g/mol. The largest absolute Gasteiger partial charge is 1.00 e. The minimum absolute atomic E-state index is 0. The van der Waals surface area contributed by atoms with Gasteiger partial charge in [-0.05, 0) is 0 Å². The van der Waals surface area contributed by atoms with E-state index in [4.69, 9.17) is 11.6 Å². The van der Waals surface area contributed by atoms with Crippen molar-refractivity contribution in [3.8, 4) is 0 Å². The molecule has 0 fully saturated rings. The van der Waals surface area contributed by atoms with Crippen molar-refractivity contribution in [1.29, 1.82) is 0 Å². The van der Waals surface area contributed by atoms with Crippen LogP contribution in [0.5, 0.6) is 0 Å². The molecule has 0 aliphatic heterocycles. The Morgan fingerprint density at radius 3 is 2.43 bits per heavy atom. The van der Waals surface area contributed by atoms with Crippen molar-refractivity contribution in [3.05, 3.63) is 0 Å². The van der Waals surface area contributed by atoms with E-state index in [2.05, 4.69) is 4.74 Å². The van der Waals surface area contributed by atoms with Crippen LogP contribution in [-0.2, 0) is 9.53 Å². The normalized spacial score (nSPS) is 6.57. The molecule has 0 saturated carbocycles. The fourth-order valence-corrected chi connectivity index (χ4v) is 0.164. The molecule has 0 N–H and O–H groups in total. The average Bonchev–Trinajstić information content (AvgIpc) is 1.65. The average molecular weight is 133 g/mol. The Bertz CT molecular complexity index is 55.2. The zero-order valence-electron chi connectivity index (χ0n) is 5.40. The van der Waals surface area contributed by atoms with Gasteiger partial charge >= 0.3 is 35.5 Å². The summed E-state index contributed by atoms with van der Waals surface area (Å²) >= 11 is 4.98. The van der Waals surface area contributed by atoms with Crippen LogP contribution in [0.15, 0.2) is 0 Å². The molecule has 4 heteroatoms. The Morgan fingerprint density at radius 2 is 2.43 bits per heavy atom. The number of hydrogen-bond donors (Lipinski definition) is 0. The van der Waals surface area contributed by atoms with Gasteiger partial charge in [-0.25, -0.2) is 0 Å². The first-order valence-corrected chi connectivity index (χ1v) is 1.97. The molecule has 0 aliphatic carbocycles. The van der Waals surface area contributed by atoms with Crippen molar-refractivity contribution >= 4 is 17.6 Å². The zero-order chi connectivity index (χ0) is 4.99. The van der Waals surface area contributed by atoms with Crippen molar-refractivity contribution < 1.29 is 40.5 Å². The number of halogens is 1. The summed E-state index contributed by atoms with van der Waals surface area (Å²) in [6, 6.07) is 0. The van der Waals surface area contributed by atoms with E-state index in [-0.39, 0.29) is 36.9 Å². The summed E-state index contributed by atoms with van der Waals surface area (Å²) in [4.78, 5) is 9.83. The molecule has 0 atom stereocenters. The second-order valence-corrected chi connectivity index (χ2v) is 0.977. The van der Waals surface area contributed by atoms with Crippen LogP contribution in [-0.4, -0.2) is 19.0 Å². The predicted octanol–water partition coefficient (Wildman–Crippen LogP) is -2.49. The number of esters is 1. The first-order chi connectivity index (χ1) is 2.81. The molecule has 0 spiro atoms. The van der Waals surface area contributed by atoms with Gasteiger partial charge < -0.3 is 6.16 Å². The van der Waals surface area contributed by atoms with Gasteiger partial charge in [0.1, 0.15) is 5.88 Å². The molecule has 0 unspecified atom stereocenters. The summed E-state index contributed by atoms with van der Waals surface area (Å²) in [7, 11) is 1.30. The number of carbonyl (C=O) groups is 1. The summed E-state index contributed by atoms with van der Waals surface area (Å²) in [5, 5.41) is 0. The molecule has 0 amide bonds. The fraction of sp³-hybridized carbons (Fsp3) is 0.667. The van der Waals surface area contributed by atoms with Crippen molar-refractivity contribution in [2.24, 2.45) is 0 Å². The van der Waals surface area contributed by atoms with Gasteiger partial charge in [-0.1, -0.05) is 0 Å². The molecule has 0 saturated heterocycles. The summed E-state index contributed by atoms with van der Waals surface area (Å²) in [5.41, 5.74) is 0. The van der Waals surface area contributed by atoms with Gasteiger partial charge in [0.25, 0.3) is 0 Å². The Kier molecular flexibility index (Phi) is 10.3. The second-order valence-electron chi connectivity index (χ2n) is 0.710. The summed E-state index contributed by atoms with van der Waals surface area (Å²) in [6.45, 7) is 0. The first kappa shape index (κ1) is 10.7. The molecule has 38 valence electrons. The topological polar surface area (TPSA) is 26.3 Å². The van der Waals surface area contributed by atoms with Crippen LogP contribution in [0.4, 0.5) is 0 Å². The Labute approximate surface area is 70.9 Å². The fourth-order valence-electron chi connectivity index (χ4n) is 0.0546. The third-order valence-electron chi connectivity index (χ3n) is 0.337. The van der Waals surface area contributed by atoms with Crippen LogP contribution < -0.4 is 29.6 Å². The standard InChI is InChI=1S/C3H5ClO2.Na.H/c1-6-3(5)2-4;;/h2H2,1H3;;/q;+1;-1. The smallest absolute Gasteiger partial charge is 1.00 e. The third kappa shape index (κ3) is 6.76. The van der Waals surface area contributed by atoms with Crippen molar-refractivity contribution in [3.63, 3.8) is 0 Å². The van der Waals surface area contributed by atoms with Gasteiger partial charge in [0.2, 0.25) is 0 Å². The number of methoxy groups -OCH3 is 1. The molecule has 0 rings (SSSR count). The van der Waals surface area contributed by atoms with Crippen LogP contribution in [0.25, 0.3) is 0 Å². The maximum absolute atomic E-state index is 9.83. The number of ether oxygens (including phenoxy) is 1. The minimum Gasteiger partial charge on any atom is -1.00 e. The predicted molar refractivity (Wildman–Crippen MR) is 23.8 cm³/mol. The maximum Gasteiger partial charge on any atom is 1.00 e. The molecule has 0 radical (unpaired) electrons. The van der Waals surface area contributed by atoms with E-state index in [1.807, 2.05) is 0 Å². The Balaban J connectivity index is -0.000000125. The van der Waals surface area contributed by atoms with E-state index < -0.39 is 5.97 Å². The van der Waals surface area contributed by atoms with Crippen LogP contribution in [0.3, 0.4) is 0 Å².